The largest absolute Gasteiger partial charge is 0.349 e. The van der Waals surface area contributed by atoms with Crippen LogP contribution in [0.4, 0.5) is 19.1 Å². The molecule has 3 aromatic rings. The molecule has 2 aromatic heterocycles. The summed E-state index contributed by atoms with van der Waals surface area (Å²) < 4.78 is 42.1. The maximum Gasteiger partial charge on any atom is 0.274 e. The number of hydrogen-bond acceptors (Lipinski definition) is 5. The van der Waals surface area contributed by atoms with Gasteiger partial charge in [0.1, 0.15) is 17.2 Å². The minimum atomic E-state index is -2.90. The Morgan fingerprint density at radius 3 is 2.61 bits per heavy atom. The van der Waals surface area contributed by atoms with Crippen molar-refractivity contribution >= 4 is 29.9 Å². The number of imidazole rings is 1. The lowest BCUT2D eigenvalue weighted by atomic mass is 10.0. The third-order valence-electron chi connectivity index (χ3n) is 5.11. The molecule has 0 radical (unpaired) electrons. The highest BCUT2D eigenvalue weighted by Gasteiger charge is 2.23. The lowest BCUT2D eigenvalue weighted by molar-refractivity contribution is 0.0730. The second-order valence-electron chi connectivity index (χ2n) is 7.08. The maximum atomic E-state index is 14.5. The Balaban J connectivity index is 0.00000272. The number of carbonyl (C=O) groups is 1. The highest BCUT2D eigenvalue weighted by molar-refractivity contribution is 5.93. The first kappa shape index (κ1) is 22.8. The van der Waals surface area contributed by atoms with Gasteiger partial charge in [0.2, 0.25) is 5.95 Å². The Hall–Kier alpha value is -2.85. The summed E-state index contributed by atoms with van der Waals surface area (Å²) in [6, 6.07) is 4.93. The summed E-state index contributed by atoms with van der Waals surface area (Å²) in [5.74, 6) is -0.788. The number of carbonyl (C=O) groups excluding carboxylic acids is 1. The molecule has 11 heteroatoms. The van der Waals surface area contributed by atoms with Crippen LogP contribution in [-0.2, 0) is 0 Å². The zero-order valence-electron chi connectivity index (χ0n) is 16.7. The van der Waals surface area contributed by atoms with Gasteiger partial charge in [-0.2, -0.15) is 0 Å². The molecule has 1 fully saturated rings. The van der Waals surface area contributed by atoms with E-state index in [9.17, 15) is 18.0 Å². The molecule has 0 unspecified atom stereocenters. The predicted molar refractivity (Wildman–Crippen MR) is 112 cm³/mol. The first-order valence-corrected chi connectivity index (χ1v) is 9.63. The van der Waals surface area contributed by atoms with Crippen LogP contribution in [0.15, 0.2) is 36.7 Å². The van der Waals surface area contributed by atoms with Gasteiger partial charge < -0.3 is 15.5 Å². The smallest absolute Gasteiger partial charge is 0.274 e. The molecule has 0 saturated carbocycles. The molecule has 0 spiro atoms. The van der Waals surface area contributed by atoms with E-state index in [4.69, 9.17) is 0 Å². The molecular formula is C20H22ClF3N6O. The van der Waals surface area contributed by atoms with Crippen molar-refractivity contribution in [3.8, 4) is 0 Å². The highest BCUT2D eigenvalue weighted by atomic mass is 35.5. The van der Waals surface area contributed by atoms with E-state index < -0.39 is 23.8 Å². The number of piperazine rings is 1. The van der Waals surface area contributed by atoms with E-state index in [-0.39, 0.29) is 29.6 Å². The fraction of sp³-hybridized carbons (Fsp3) is 0.350. The molecule has 1 atom stereocenters. The van der Waals surface area contributed by atoms with Gasteiger partial charge in [-0.1, -0.05) is 18.2 Å². The van der Waals surface area contributed by atoms with Crippen LogP contribution in [-0.4, -0.2) is 51.4 Å². The van der Waals surface area contributed by atoms with Crippen molar-refractivity contribution < 1.29 is 18.0 Å². The van der Waals surface area contributed by atoms with Crippen molar-refractivity contribution in [2.24, 2.45) is 0 Å². The number of nitrogens with zero attached hydrogens (tertiary/aromatic N) is 4. The monoisotopic (exact) mass is 454 g/mol. The van der Waals surface area contributed by atoms with Gasteiger partial charge >= 0.3 is 0 Å². The van der Waals surface area contributed by atoms with Crippen LogP contribution in [0.2, 0.25) is 0 Å². The van der Waals surface area contributed by atoms with Crippen molar-refractivity contribution in [1.82, 2.24) is 24.6 Å². The summed E-state index contributed by atoms with van der Waals surface area (Å²) in [5, 5.41) is 6.22. The normalized spacial score (nSPS) is 15.1. The van der Waals surface area contributed by atoms with Crippen molar-refractivity contribution in [2.75, 3.05) is 31.5 Å². The molecule has 7 nitrogen and oxygen atoms in total. The number of anilines is 1. The summed E-state index contributed by atoms with van der Waals surface area (Å²) in [6.07, 6.45) is 0.196. The average Bonchev–Trinajstić information content (AvgIpc) is 3.19. The average molecular weight is 455 g/mol. The molecule has 2 N–H and O–H groups in total. The Kier molecular flexibility index (Phi) is 7.01. The fourth-order valence-corrected chi connectivity index (χ4v) is 3.50. The lowest BCUT2D eigenvalue weighted by Gasteiger charge is -2.26. The van der Waals surface area contributed by atoms with Gasteiger partial charge in [-0.15, -0.1) is 12.4 Å². The highest BCUT2D eigenvalue weighted by Crippen LogP contribution is 2.28. The van der Waals surface area contributed by atoms with Crippen molar-refractivity contribution in [1.29, 1.82) is 0 Å². The first-order valence-electron chi connectivity index (χ1n) is 9.63. The van der Waals surface area contributed by atoms with Crippen molar-refractivity contribution in [3.63, 3.8) is 0 Å². The minimum absolute atomic E-state index is 0. The number of rotatable bonds is 5. The number of hydrogen-bond donors (Lipinski definition) is 2. The van der Waals surface area contributed by atoms with Crippen LogP contribution in [0.25, 0.3) is 5.65 Å². The first-order chi connectivity index (χ1) is 14.5. The molecule has 1 aliphatic heterocycles. The molecule has 31 heavy (non-hydrogen) atoms. The summed E-state index contributed by atoms with van der Waals surface area (Å²) in [5.41, 5.74) is 0.245. The number of nitrogens with one attached hydrogen (secondary N) is 2. The number of alkyl halides is 2. The SMILES string of the molecule is C[C@@H](Nc1nccc2nc(C(=O)N3CCNCC3)cn12)c1cccc(C(F)F)c1F.Cl. The van der Waals surface area contributed by atoms with E-state index in [2.05, 4.69) is 20.6 Å². The Bertz CT molecular complexity index is 1070. The van der Waals surface area contributed by atoms with Crippen LogP contribution in [0, 0.1) is 5.82 Å². The standard InChI is InChI=1S/C20H21F3N6O.ClH/c1-12(13-3-2-4-14(17(13)21)18(22)23)26-20-25-6-5-16-27-15(11-29(16)20)19(30)28-9-7-24-8-10-28;/h2-6,11-12,18,24H,7-10H2,1H3,(H,25,26);1H/t12-;/m1./s1. The number of benzene rings is 1. The van der Waals surface area contributed by atoms with Crippen molar-refractivity contribution in [2.45, 2.75) is 19.4 Å². The molecule has 1 amide bonds. The van der Waals surface area contributed by atoms with Crippen LogP contribution >= 0.6 is 12.4 Å². The van der Waals surface area contributed by atoms with Gasteiger partial charge in [0.05, 0.1) is 11.6 Å². The topological polar surface area (TPSA) is 74.6 Å². The number of aromatic nitrogens is 3. The van der Waals surface area contributed by atoms with Crippen LogP contribution < -0.4 is 10.6 Å². The summed E-state index contributed by atoms with van der Waals surface area (Å²) in [7, 11) is 0. The zero-order valence-corrected chi connectivity index (χ0v) is 17.5. The quantitative estimate of drug-likeness (QED) is 0.617. The molecule has 4 rings (SSSR count). The second kappa shape index (κ2) is 9.52. The molecular weight excluding hydrogens is 433 g/mol. The Labute approximate surface area is 183 Å². The van der Waals surface area contributed by atoms with E-state index in [1.807, 2.05) is 0 Å². The van der Waals surface area contributed by atoms with E-state index in [0.29, 0.717) is 24.7 Å². The van der Waals surface area contributed by atoms with Crippen LogP contribution in [0.5, 0.6) is 0 Å². The minimum Gasteiger partial charge on any atom is -0.349 e. The third-order valence-corrected chi connectivity index (χ3v) is 5.11. The van der Waals surface area contributed by atoms with Crippen molar-refractivity contribution in [3.05, 3.63) is 59.3 Å². The van der Waals surface area contributed by atoms with E-state index in [0.717, 1.165) is 19.2 Å². The van der Waals surface area contributed by atoms with Gasteiger partial charge in [-0.25, -0.2) is 23.1 Å². The second-order valence-corrected chi connectivity index (χ2v) is 7.08. The van der Waals surface area contributed by atoms with Crippen LogP contribution in [0.1, 0.15) is 41.0 Å². The lowest BCUT2D eigenvalue weighted by Crippen LogP contribution is -2.46. The Morgan fingerprint density at radius 2 is 1.90 bits per heavy atom. The Morgan fingerprint density at radius 1 is 1.19 bits per heavy atom. The zero-order chi connectivity index (χ0) is 21.3. The van der Waals surface area contributed by atoms with Gasteiger partial charge in [-0.05, 0) is 13.0 Å². The molecule has 1 aromatic carbocycles. The van der Waals surface area contributed by atoms with Gasteiger partial charge in [0.25, 0.3) is 12.3 Å². The molecule has 3 heterocycles. The molecule has 0 bridgehead atoms. The maximum absolute atomic E-state index is 14.5. The molecule has 1 saturated heterocycles. The summed E-state index contributed by atoms with van der Waals surface area (Å²) in [6.45, 7) is 4.32. The summed E-state index contributed by atoms with van der Waals surface area (Å²) in [4.78, 5) is 23.1. The number of fused-ring (bicyclic) bond motifs is 1. The van der Waals surface area contributed by atoms with Gasteiger partial charge in [-0.3, -0.25) is 9.20 Å². The number of amides is 1. The fourth-order valence-electron chi connectivity index (χ4n) is 3.50. The molecule has 0 aliphatic carbocycles. The van der Waals surface area contributed by atoms with Gasteiger partial charge in [0, 0.05) is 44.1 Å². The van der Waals surface area contributed by atoms with Gasteiger partial charge in [0.15, 0.2) is 0 Å². The molecule has 1 aliphatic rings. The van der Waals surface area contributed by atoms with E-state index in [1.54, 1.807) is 28.5 Å². The summed E-state index contributed by atoms with van der Waals surface area (Å²) >= 11 is 0. The van der Waals surface area contributed by atoms with Crippen LogP contribution in [0.3, 0.4) is 0 Å². The molecule has 166 valence electrons. The third kappa shape index (κ3) is 4.59. The predicted octanol–water partition coefficient (Wildman–Crippen LogP) is 3.45. The van der Waals surface area contributed by atoms with E-state index >= 15 is 0 Å². The number of halogens is 4. The van der Waals surface area contributed by atoms with E-state index in [1.165, 1.54) is 18.3 Å².